The molecule has 0 bridgehead atoms. The molecule has 2 aromatic rings. The van der Waals surface area contributed by atoms with Crippen molar-refractivity contribution >= 4 is 17.2 Å². The SMILES string of the molecule is NCC#Cc1cncc(C(=O)NCc2cscn2)c1. The molecule has 0 aliphatic rings. The molecule has 0 atom stereocenters. The summed E-state index contributed by atoms with van der Waals surface area (Å²) in [4.78, 5) is 20.0. The average Bonchev–Trinajstić information content (AvgIpc) is 2.96. The summed E-state index contributed by atoms with van der Waals surface area (Å²) < 4.78 is 0. The molecule has 3 N–H and O–H groups in total. The number of nitrogens with zero attached hydrogens (tertiary/aromatic N) is 2. The highest BCUT2D eigenvalue weighted by Crippen LogP contribution is 2.03. The summed E-state index contributed by atoms with van der Waals surface area (Å²) in [7, 11) is 0. The summed E-state index contributed by atoms with van der Waals surface area (Å²) in [6.45, 7) is 0.682. The average molecular weight is 272 g/mol. The topological polar surface area (TPSA) is 80.9 Å². The quantitative estimate of drug-likeness (QED) is 0.809. The number of thiazole rings is 1. The van der Waals surface area contributed by atoms with Crippen LogP contribution >= 0.6 is 11.3 Å². The van der Waals surface area contributed by atoms with E-state index in [1.165, 1.54) is 17.5 Å². The number of nitrogens with two attached hydrogens (primary N) is 1. The lowest BCUT2D eigenvalue weighted by molar-refractivity contribution is 0.0950. The van der Waals surface area contributed by atoms with Crippen LogP contribution in [-0.4, -0.2) is 22.4 Å². The zero-order valence-corrected chi connectivity index (χ0v) is 10.9. The molecule has 6 heteroatoms. The van der Waals surface area contributed by atoms with E-state index in [1.54, 1.807) is 17.8 Å². The van der Waals surface area contributed by atoms with Crippen molar-refractivity contribution in [3.63, 3.8) is 0 Å². The Kier molecular flexibility index (Phi) is 4.61. The molecule has 19 heavy (non-hydrogen) atoms. The first-order valence-corrected chi connectivity index (χ1v) is 6.53. The van der Waals surface area contributed by atoms with Crippen molar-refractivity contribution in [2.45, 2.75) is 6.54 Å². The first-order valence-electron chi connectivity index (χ1n) is 5.59. The predicted octanol–water partition coefficient (Wildman–Crippen LogP) is 0.778. The Morgan fingerprint density at radius 3 is 3.11 bits per heavy atom. The maximum Gasteiger partial charge on any atom is 0.253 e. The Balaban J connectivity index is 2.02. The van der Waals surface area contributed by atoms with Crippen molar-refractivity contribution in [3.05, 3.63) is 46.2 Å². The van der Waals surface area contributed by atoms with Crippen LogP contribution in [0.1, 0.15) is 21.6 Å². The molecule has 1 amide bonds. The number of nitrogens with one attached hydrogen (secondary N) is 1. The lowest BCUT2D eigenvalue weighted by atomic mass is 10.2. The molecule has 0 unspecified atom stereocenters. The number of aromatic nitrogens is 2. The molecule has 2 heterocycles. The highest BCUT2D eigenvalue weighted by molar-refractivity contribution is 7.07. The van der Waals surface area contributed by atoms with Crippen LogP contribution in [0.25, 0.3) is 0 Å². The Morgan fingerprint density at radius 2 is 2.37 bits per heavy atom. The lowest BCUT2D eigenvalue weighted by Crippen LogP contribution is -2.23. The minimum Gasteiger partial charge on any atom is -0.346 e. The summed E-state index contributed by atoms with van der Waals surface area (Å²) in [5, 5.41) is 4.67. The van der Waals surface area contributed by atoms with Gasteiger partial charge in [-0.2, -0.15) is 0 Å². The Bertz CT molecular complexity index is 613. The van der Waals surface area contributed by atoms with E-state index in [4.69, 9.17) is 5.73 Å². The Hall–Kier alpha value is -2.23. The van der Waals surface area contributed by atoms with E-state index in [0.29, 0.717) is 17.7 Å². The van der Waals surface area contributed by atoms with Gasteiger partial charge in [-0.3, -0.25) is 9.78 Å². The third kappa shape index (κ3) is 3.88. The highest BCUT2D eigenvalue weighted by atomic mass is 32.1. The van der Waals surface area contributed by atoms with E-state index in [9.17, 15) is 4.79 Å². The summed E-state index contributed by atoms with van der Waals surface area (Å²) in [6, 6.07) is 1.69. The minimum atomic E-state index is -0.197. The molecule has 2 rings (SSSR count). The van der Waals surface area contributed by atoms with Gasteiger partial charge < -0.3 is 11.1 Å². The van der Waals surface area contributed by atoms with Crippen LogP contribution in [-0.2, 0) is 6.54 Å². The second kappa shape index (κ2) is 6.64. The Labute approximate surface area is 114 Å². The molecule has 0 radical (unpaired) electrons. The summed E-state index contributed by atoms with van der Waals surface area (Å²) in [5.74, 6) is 5.37. The van der Waals surface area contributed by atoms with Gasteiger partial charge in [-0.25, -0.2) is 4.98 Å². The van der Waals surface area contributed by atoms with E-state index < -0.39 is 0 Å². The van der Waals surface area contributed by atoms with E-state index in [1.807, 2.05) is 5.38 Å². The molecule has 0 saturated heterocycles. The van der Waals surface area contributed by atoms with Crippen LogP contribution in [0.15, 0.2) is 29.4 Å². The van der Waals surface area contributed by atoms with Gasteiger partial charge in [0.15, 0.2) is 0 Å². The molecule has 0 saturated carbocycles. The molecule has 0 aromatic carbocycles. The van der Waals surface area contributed by atoms with Gasteiger partial charge in [0.2, 0.25) is 0 Å². The smallest absolute Gasteiger partial charge is 0.253 e. The van der Waals surface area contributed by atoms with Crippen LogP contribution in [0.3, 0.4) is 0 Å². The maximum absolute atomic E-state index is 11.9. The van der Waals surface area contributed by atoms with Crippen LogP contribution < -0.4 is 11.1 Å². The van der Waals surface area contributed by atoms with Gasteiger partial charge in [-0.05, 0) is 6.07 Å². The molecule has 2 aromatic heterocycles. The van der Waals surface area contributed by atoms with Gasteiger partial charge in [0.1, 0.15) is 0 Å². The number of hydrogen-bond donors (Lipinski definition) is 2. The van der Waals surface area contributed by atoms with Gasteiger partial charge in [-0.15, -0.1) is 11.3 Å². The van der Waals surface area contributed by atoms with Crippen molar-refractivity contribution in [2.75, 3.05) is 6.54 Å². The summed E-state index contributed by atoms with van der Waals surface area (Å²) in [6.07, 6.45) is 3.10. The van der Waals surface area contributed by atoms with Crippen molar-refractivity contribution in [1.82, 2.24) is 15.3 Å². The minimum absolute atomic E-state index is 0.197. The van der Waals surface area contributed by atoms with Crippen molar-refractivity contribution in [2.24, 2.45) is 5.73 Å². The van der Waals surface area contributed by atoms with Gasteiger partial charge in [0.05, 0.1) is 29.9 Å². The van der Waals surface area contributed by atoms with Gasteiger partial charge in [0, 0.05) is 23.3 Å². The molecule has 0 aliphatic heterocycles. The predicted molar refractivity (Wildman–Crippen MR) is 73.5 cm³/mol. The standard InChI is InChI=1S/C13H12N4OS/c14-3-1-2-10-4-11(6-15-5-10)13(18)16-7-12-8-19-9-17-12/h4-6,8-9H,3,7,14H2,(H,16,18). The highest BCUT2D eigenvalue weighted by Gasteiger charge is 2.06. The van der Waals surface area contributed by atoms with Crippen molar-refractivity contribution < 1.29 is 4.79 Å². The zero-order chi connectivity index (χ0) is 13.5. The van der Waals surface area contributed by atoms with Crippen molar-refractivity contribution in [1.29, 1.82) is 0 Å². The van der Waals surface area contributed by atoms with Gasteiger partial charge in [-0.1, -0.05) is 11.8 Å². The van der Waals surface area contributed by atoms with E-state index in [2.05, 4.69) is 27.1 Å². The molecular weight excluding hydrogens is 260 g/mol. The van der Waals surface area contributed by atoms with Crippen LogP contribution in [0.4, 0.5) is 0 Å². The molecule has 0 fully saturated rings. The third-order valence-corrected chi connectivity index (χ3v) is 2.88. The third-order valence-electron chi connectivity index (χ3n) is 2.25. The normalized spacial score (nSPS) is 9.53. The van der Waals surface area contributed by atoms with Crippen molar-refractivity contribution in [3.8, 4) is 11.8 Å². The summed E-state index contributed by atoms with van der Waals surface area (Å²) >= 11 is 1.49. The molecule has 5 nitrogen and oxygen atoms in total. The zero-order valence-electron chi connectivity index (χ0n) is 10.1. The van der Waals surface area contributed by atoms with Gasteiger partial charge in [0.25, 0.3) is 5.91 Å². The van der Waals surface area contributed by atoms with E-state index in [-0.39, 0.29) is 12.5 Å². The number of carbonyl (C=O) groups is 1. The number of amides is 1. The fraction of sp³-hybridized carbons (Fsp3) is 0.154. The first kappa shape index (κ1) is 13.2. The molecule has 96 valence electrons. The number of rotatable bonds is 3. The Morgan fingerprint density at radius 1 is 1.47 bits per heavy atom. The van der Waals surface area contributed by atoms with Crippen LogP contribution in [0, 0.1) is 11.8 Å². The van der Waals surface area contributed by atoms with Gasteiger partial charge >= 0.3 is 0 Å². The van der Waals surface area contributed by atoms with E-state index in [0.717, 1.165) is 5.69 Å². The monoisotopic (exact) mass is 272 g/mol. The second-order valence-electron chi connectivity index (χ2n) is 3.63. The molecule has 0 aliphatic carbocycles. The number of pyridine rings is 1. The maximum atomic E-state index is 11.9. The van der Waals surface area contributed by atoms with Crippen LogP contribution in [0.2, 0.25) is 0 Å². The lowest BCUT2D eigenvalue weighted by Gasteiger charge is -2.03. The fourth-order valence-electron chi connectivity index (χ4n) is 1.38. The summed E-state index contributed by atoms with van der Waals surface area (Å²) in [5.41, 5.74) is 9.01. The van der Waals surface area contributed by atoms with Crippen LogP contribution in [0.5, 0.6) is 0 Å². The molecule has 0 spiro atoms. The molecular formula is C13H12N4OS. The first-order chi connectivity index (χ1) is 9.29. The second-order valence-corrected chi connectivity index (χ2v) is 4.35. The van der Waals surface area contributed by atoms with E-state index >= 15 is 0 Å². The fourth-order valence-corrected chi connectivity index (χ4v) is 1.94. The number of hydrogen-bond acceptors (Lipinski definition) is 5. The largest absolute Gasteiger partial charge is 0.346 e. The number of carbonyl (C=O) groups excluding carboxylic acids is 1.